The third-order valence-corrected chi connectivity index (χ3v) is 3.87. The highest BCUT2D eigenvalue weighted by molar-refractivity contribution is 5.76. The Bertz CT molecular complexity index is 538. The van der Waals surface area contributed by atoms with Crippen molar-refractivity contribution in [2.24, 2.45) is 0 Å². The fourth-order valence-electron chi connectivity index (χ4n) is 2.73. The van der Waals surface area contributed by atoms with E-state index >= 15 is 0 Å². The molecule has 1 atom stereocenters. The number of nitrogens with one attached hydrogen (secondary N) is 1. The maximum Gasteiger partial charge on any atom is 0.215 e. The number of hydrogen-bond acceptors (Lipinski definition) is 3. The van der Waals surface area contributed by atoms with Gasteiger partial charge < -0.3 is 9.73 Å². The lowest BCUT2D eigenvalue weighted by Crippen LogP contribution is -2.36. The van der Waals surface area contributed by atoms with Crippen LogP contribution < -0.4 is 5.32 Å². The molecule has 0 bridgehead atoms. The topological polar surface area (TPSA) is 38.1 Å². The van der Waals surface area contributed by atoms with Gasteiger partial charge in [0, 0.05) is 0 Å². The van der Waals surface area contributed by atoms with E-state index in [0.29, 0.717) is 0 Å². The largest absolute Gasteiger partial charge is 0.438 e. The molecule has 3 rings (SSSR count). The monoisotopic (exact) mass is 230 g/mol. The van der Waals surface area contributed by atoms with E-state index in [4.69, 9.17) is 4.42 Å². The number of rotatable bonds is 2. The lowest BCUT2D eigenvalue weighted by molar-refractivity contribution is 0.292. The number of hydrogen-bond donors (Lipinski definition) is 1. The standard InChI is InChI=1S/C14H18N2O/c1-3-14(8-5-9-15-14)13-16-11-7-4-6-10(2)12(11)17-13/h4,6-7,15H,3,5,8-9H2,1-2H3. The van der Waals surface area contributed by atoms with Crippen LogP contribution >= 0.6 is 0 Å². The molecule has 1 aromatic carbocycles. The van der Waals surface area contributed by atoms with Crippen LogP contribution in [-0.4, -0.2) is 11.5 Å². The van der Waals surface area contributed by atoms with Gasteiger partial charge >= 0.3 is 0 Å². The summed E-state index contributed by atoms with van der Waals surface area (Å²) < 4.78 is 6.00. The average Bonchev–Trinajstić information content (AvgIpc) is 2.96. The van der Waals surface area contributed by atoms with Crippen LogP contribution in [-0.2, 0) is 5.54 Å². The molecule has 1 aliphatic rings. The summed E-state index contributed by atoms with van der Waals surface area (Å²) in [5.74, 6) is 0.863. The van der Waals surface area contributed by atoms with Crippen molar-refractivity contribution in [3.63, 3.8) is 0 Å². The summed E-state index contributed by atoms with van der Waals surface area (Å²) in [6, 6.07) is 6.12. The Balaban J connectivity index is 2.14. The summed E-state index contributed by atoms with van der Waals surface area (Å²) in [5.41, 5.74) is 3.03. The number of oxazole rings is 1. The fourth-order valence-corrected chi connectivity index (χ4v) is 2.73. The summed E-state index contributed by atoms with van der Waals surface area (Å²) >= 11 is 0. The van der Waals surface area contributed by atoms with Gasteiger partial charge in [0.05, 0.1) is 5.54 Å². The first kappa shape index (κ1) is 10.8. The first-order chi connectivity index (χ1) is 8.25. The lowest BCUT2D eigenvalue weighted by atomic mass is 9.94. The van der Waals surface area contributed by atoms with E-state index in [0.717, 1.165) is 41.9 Å². The second-order valence-electron chi connectivity index (χ2n) is 4.91. The van der Waals surface area contributed by atoms with Crippen molar-refractivity contribution in [3.05, 3.63) is 29.7 Å². The van der Waals surface area contributed by atoms with Crippen LogP contribution in [0.5, 0.6) is 0 Å². The van der Waals surface area contributed by atoms with E-state index < -0.39 is 0 Å². The van der Waals surface area contributed by atoms with Crippen LogP contribution in [0, 0.1) is 6.92 Å². The molecule has 17 heavy (non-hydrogen) atoms. The molecule has 1 unspecified atom stereocenters. The van der Waals surface area contributed by atoms with Gasteiger partial charge in [0.15, 0.2) is 5.58 Å². The number of aromatic nitrogens is 1. The first-order valence-electron chi connectivity index (χ1n) is 6.37. The number of benzene rings is 1. The molecular weight excluding hydrogens is 212 g/mol. The third kappa shape index (κ3) is 1.57. The highest BCUT2D eigenvalue weighted by Crippen LogP contribution is 2.35. The maximum absolute atomic E-state index is 6.00. The summed E-state index contributed by atoms with van der Waals surface area (Å²) in [4.78, 5) is 4.67. The van der Waals surface area contributed by atoms with E-state index in [1.807, 2.05) is 12.1 Å². The molecule has 0 amide bonds. The number of fused-ring (bicyclic) bond motifs is 1. The second kappa shape index (κ2) is 3.84. The Morgan fingerprint density at radius 3 is 3.00 bits per heavy atom. The van der Waals surface area contributed by atoms with Gasteiger partial charge in [0.25, 0.3) is 0 Å². The van der Waals surface area contributed by atoms with Crippen molar-refractivity contribution in [2.75, 3.05) is 6.54 Å². The predicted molar refractivity (Wildman–Crippen MR) is 68.0 cm³/mol. The van der Waals surface area contributed by atoms with Gasteiger partial charge in [0.2, 0.25) is 5.89 Å². The molecule has 1 fully saturated rings. The molecule has 1 saturated heterocycles. The van der Waals surface area contributed by atoms with Gasteiger partial charge in [-0.2, -0.15) is 0 Å². The van der Waals surface area contributed by atoms with Crippen LogP contribution in [0.2, 0.25) is 0 Å². The van der Waals surface area contributed by atoms with Gasteiger partial charge in [-0.25, -0.2) is 4.98 Å². The van der Waals surface area contributed by atoms with Gasteiger partial charge in [0.1, 0.15) is 5.52 Å². The molecule has 3 heteroatoms. The fraction of sp³-hybridized carbons (Fsp3) is 0.500. The van der Waals surface area contributed by atoms with Gasteiger partial charge in [-0.3, -0.25) is 0 Å². The SMILES string of the molecule is CCC1(c2nc3cccc(C)c3o2)CCCN1. The van der Waals surface area contributed by atoms with Gasteiger partial charge in [-0.05, 0) is 44.4 Å². The maximum atomic E-state index is 6.00. The number of para-hydroxylation sites is 1. The van der Waals surface area contributed by atoms with Crippen molar-refractivity contribution in [1.29, 1.82) is 0 Å². The molecule has 1 aliphatic heterocycles. The van der Waals surface area contributed by atoms with Crippen LogP contribution in [0.4, 0.5) is 0 Å². The quantitative estimate of drug-likeness (QED) is 0.861. The Morgan fingerprint density at radius 2 is 2.35 bits per heavy atom. The Morgan fingerprint density at radius 1 is 1.47 bits per heavy atom. The van der Waals surface area contributed by atoms with Crippen LogP contribution in [0.25, 0.3) is 11.1 Å². The lowest BCUT2D eigenvalue weighted by Gasteiger charge is -2.23. The van der Waals surface area contributed by atoms with E-state index in [9.17, 15) is 0 Å². The zero-order chi connectivity index (χ0) is 11.9. The highest BCUT2D eigenvalue weighted by Gasteiger charge is 2.38. The average molecular weight is 230 g/mol. The minimum absolute atomic E-state index is 0.0363. The third-order valence-electron chi connectivity index (χ3n) is 3.87. The summed E-state index contributed by atoms with van der Waals surface area (Å²) in [7, 11) is 0. The summed E-state index contributed by atoms with van der Waals surface area (Å²) in [6.07, 6.45) is 3.35. The smallest absolute Gasteiger partial charge is 0.215 e. The molecule has 0 radical (unpaired) electrons. The van der Waals surface area contributed by atoms with E-state index in [-0.39, 0.29) is 5.54 Å². The molecule has 3 nitrogen and oxygen atoms in total. The van der Waals surface area contributed by atoms with E-state index in [1.165, 1.54) is 6.42 Å². The van der Waals surface area contributed by atoms with Crippen LogP contribution in [0.15, 0.2) is 22.6 Å². The Kier molecular flexibility index (Phi) is 2.44. The minimum atomic E-state index is -0.0363. The van der Waals surface area contributed by atoms with Gasteiger partial charge in [-0.1, -0.05) is 19.1 Å². The minimum Gasteiger partial charge on any atom is -0.438 e. The summed E-state index contributed by atoms with van der Waals surface area (Å²) in [5, 5.41) is 3.56. The molecule has 2 aromatic rings. The van der Waals surface area contributed by atoms with E-state index in [1.54, 1.807) is 0 Å². The van der Waals surface area contributed by atoms with Crippen LogP contribution in [0.3, 0.4) is 0 Å². The van der Waals surface area contributed by atoms with Crippen molar-refractivity contribution >= 4 is 11.1 Å². The predicted octanol–water partition coefficient (Wildman–Crippen LogP) is 3.12. The molecule has 1 aromatic heterocycles. The molecule has 1 N–H and O–H groups in total. The highest BCUT2D eigenvalue weighted by atomic mass is 16.4. The number of aryl methyl sites for hydroxylation is 1. The summed E-state index contributed by atoms with van der Waals surface area (Å²) in [6.45, 7) is 5.32. The molecule has 0 aliphatic carbocycles. The number of nitrogens with zero attached hydrogens (tertiary/aromatic N) is 1. The Hall–Kier alpha value is -1.35. The molecule has 90 valence electrons. The first-order valence-corrected chi connectivity index (χ1v) is 6.37. The second-order valence-corrected chi connectivity index (χ2v) is 4.91. The molecule has 2 heterocycles. The molecule has 0 saturated carbocycles. The van der Waals surface area contributed by atoms with Crippen molar-refractivity contribution < 1.29 is 4.42 Å². The Labute approximate surface area is 101 Å². The van der Waals surface area contributed by atoms with Crippen molar-refractivity contribution in [3.8, 4) is 0 Å². The van der Waals surface area contributed by atoms with Crippen molar-refractivity contribution in [2.45, 2.75) is 38.6 Å². The normalized spacial score (nSPS) is 24.6. The molecule has 0 spiro atoms. The zero-order valence-electron chi connectivity index (χ0n) is 10.4. The van der Waals surface area contributed by atoms with Crippen molar-refractivity contribution in [1.82, 2.24) is 10.3 Å². The molecular formula is C14H18N2O. The van der Waals surface area contributed by atoms with E-state index in [2.05, 4.69) is 30.2 Å². The van der Waals surface area contributed by atoms with Crippen LogP contribution in [0.1, 0.15) is 37.6 Å². The zero-order valence-corrected chi connectivity index (χ0v) is 10.4. The van der Waals surface area contributed by atoms with Gasteiger partial charge in [-0.15, -0.1) is 0 Å².